The summed E-state index contributed by atoms with van der Waals surface area (Å²) in [6.07, 6.45) is 3.60. The third kappa shape index (κ3) is 3.57. The fraction of sp³-hybridized carbons (Fsp3) is 0.0400. The number of carbonyl (C=O) groups excluding carboxylic acids is 1. The Hall–Kier alpha value is -3.57. The van der Waals surface area contributed by atoms with Crippen molar-refractivity contribution in [3.05, 3.63) is 105 Å². The van der Waals surface area contributed by atoms with Gasteiger partial charge in [0, 0.05) is 16.5 Å². The van der Waals surface area contributed by atoms with Gasteiger partial charge in [0.05, 0.1) is 21.8 Å². The number of benzene rings is 3. The van der Waals surface area contributed by atoms with Crippen LogP contribution in [-0.4, -0.2) is 10.8 Å². The van der Waals surface area contributed by atoms with Crippen LogP contribution < -0.4 is 4.74 Å². The third-order valence-corrected chi connectivity index (χ3v) is 5.47. The minimum absolute atomic E-state index is 0.0000954. The lowest BCUT2D eigenvalue weighted by Gasteiger charge is -2.07. The smallest absolute Gasteiger partial charge is 0.197 e. The summed E-state index contributed by atoms with van der Waals surface area (Å²) in [5, 5.41) is 0.667. The van der Waals surface area contributed by atoms with Gasteiger partial charge in [0.1, 0.15) is 24.0 Å². The van der Waals surface area contributed by atoms with Crippen molar-refractivity contribution < 1.29 is 18.3 Å². The van der Waals surface area contributed by atoms with E-state index in [-0.39, 0.29) is 23.0 Å². The molecule has 2 heterocycles. The number of hydrogen-bond donors (Lipinski definition) is 0. The summed E-state index contributed by atoms with van der Waals surface area (Å²) in [7, 11) is 0. The predicted molar refractivity (Wildman–Crippen MR) is 116 cm³/mol. The van der Waals surface area contributed by atoms with Gasteiger partial charge in [-0.3, -0.25) is 4.79 Å². The molecule has 0 fully saturated rings. The first kappa shape index (κ1) is 19.4. The van der Waals surface area contributed by atoms with Crippen LogP contribution in [0.15, 0.2) is 60.7 Å². The van der Waals surface area contributed by atoms with Crippen molar-refractivity contribution in [3.8, 4) is 5.75 Å². The maximum Gasteiger partial charge on any atom is 0.197 e. The van der Waals surface area contributed by atoms with Crippen LogP contribution in [0.2, 0.25) is 5.02 Å². The third-order valence-electron chi connectivity index (χ3n) is 5.18. The van der Waals surface area contributed by atoms with Crippen LogP contribution in [0.4, 0.5) is 8.78 Å². The fourth-order valence-electron chi connectivity index (χ4n) is 3.58. The summed E-state index contributed by atoms with van der Waals surface area (Å²) >= 11 is 5.85. The van der Waals surface area contributed by atoms with Crippen molar-refractivity contribution in [2.45, 2.75) is 6.61 Å². The summed E-state index contributed by atoms with van der Waals surface area (Å²) in [6.45, 7) is 0.0000954. The standard InChI is InChI=1S/C25H14ClF2NO2/c26-20-12-23-15(11-22(20)28)6-8-16(29-23)7-4-14-5-9-24-18(10-14)25(30)17-2-1-3-21(27)19(17)13-31-24/h1-12H,13H2/b7-4+. The normalized spacial score (nSPS) is 13.1. The van der Waals surface area contributed by atoms with Crippen molar-refractivity contribution in [3.63, 3.8) is 0 Å². The molecule has 0 saturated heterocycles. The molecule has 3 nitrogen and oxygen atoms in total. The number of carbonyl (C=O) groups is 1. The monoisotopic (exact) mass is 433 g/mol. The molecule has 3 aromatic carbocycles. The highest BCUT2D eigenvalue weighted by Gasteiger charge is 2.24. The van der Waals surface area contributed by atoms with Gasteiger partial charge < -0.3 is 4.74 Å². The highest BCUT2D eigenvalue weighted by molar-refractivity contribution is 6.31. The predicted octanol–water partition coefficient (Wildman–Crippen LogP) is 6.46. The van der Waals surface area contributed by atoms with Crippen LogP contribution in [0.25, 0.3) is 23.1 Å². The summed E-state index contributed by atoms with van der Waals surface area (Å²) in [5.74, 6) is -0.810. The van der Waals surface area contributed by atoms with Crippen LogP contribution >= 0.6 is 11.6 Å². The van der Waals surface area contributed by atoms with Crippen molar-refractivity contribution in [1.29, 1.82) is 0 Å². The molecule has 31 heavy (non-hydrogen) atoms. The zero-order chi connectivity index (χ0) is 21.5. The largest absolute Gasteiger partial charge is 0.488 e. The number of rotatable bonds is 2. The van der Waals surface area contributed by atoms with E-state index in [0.717, 1.165) is 5.56 Å². The lowest BCUT2D eigenvalue weighted by Crippen LogP contribution is -2.04. The van der Waals surface area contributed by atoms with Crippen LogP contribution in [0.3, 0.4) is 0 Å². The molecule has 0 atom stereocenters. The SMILES string of the molecule is O=C1c2cc(/C=C/c3ccc4cc(F)c(Cl)cc4n3)ccc2OCc2c(F)cccc21. The minimum atomic E-state index is -0.488. The molecule has 0 radical (unpaired) electrons. The molecule has 0 saturated carbocycles. The van der Waals surface area contributed by atoms with Crippen molar-refractivity contribution >= 4 is 40.4 Å². The number of ether oxygens (including phenoxy) is 1. The van der Waals surface area contributed by atoms with Crippen molar-refractivity contribution in [2.75, 3.05) is 0 Å². The Bertz CT molecular complexity index is 1400. The molecule has 1 aliphatic rings. The molecular formula is C25H14ClF2NO2. The van der Waals surface area contributed by atoms with Gasteiger partial charge in [-0.25, -0.2) is 13.8 Å². The Morgan fingerprint density at radius 3 is 2.68 bits per heavy atom. The number of ketones is 1. The number of fused-ring (bicyclic) bond motifs is 3. The van der Waals surface area contributed by atoms with Gasteiger partial charge in [-0.2, -0.15) is 0 Å². The number of pyridine rings is 1. The Kier molecular flexibility index (Phi) is 4.75. The van der Waals surface area contributed by atoms with E-state index in [1.54, 1.807) is 36.4 Å². The second kappa shape index (κ2) is 7.60. The average Bonchev–Trinajstić information content (AvgIpc) is 2.91. The number of hydrogen-bond acceptors (Lipinski definition) is 3. The topological polar surface area (TPSA) is 39.2 Å². The molecule has 1 aromatic heterocycles. The second-order valence-electron chi connectivity index (χ2n) is 7.17. The van der Waals surface area contributed by atoms with Crippen LogP contribution in [0, 0.1) is 11.6 Å². The van der Waals surface area contributed by atoms with E-state index in [2.05, 4.69) is 4.98 Å². The minimum Gasteiger partial charge on any atom is -0.488 e. The number of aromatic nitrogens is 1. The van der Waals surface area contributed by atoms with Crippen LogP contribution in [0.5, 0.6) is 5.75 Å². The van der Waals surface area contributed by atoms with Gasteiger partial charge in [-0.1, -0.05) is 41.9 Å². The van der Waals surface area contributed by atoms with Crippen LogP contribution in [-0.2, 0) is 6.61 Å². The van der Waals surface area contributed by atoms with Gasteiger partial charge in [-0.15, -0.1) is 0 Å². The van der Waals surface area contributed by atoms with Gasteiger partial charge in [0.15, 0.2) is 5.78 Å². The summed E-state index contributed by atoms with van der Waals surface area (Å²) < 4.78 is 33.4. The lowest BCUT2D eigenvalue weighted by atomic mass is 9.97. The molecule has 0 aliphatic carbocycles. The zero-order valence-corrected chi connectivity index (χ0v) is 16.8. The van der Waals surface area contributed by atoms with Gasteiger partial charge in [-0.05, 0) is 48.0 Å². The molecule has 0 amide bonds. The van der Waals surface area contributed by atoms with Gasteiger partial charge in [0.25, 0.3) is 0 Å². The first-order valence-corrected chi connectivity index (χ1v) is 9.90. The summed E-state index contributed by atoms with van der Waals surface area (Å²) in [6, 6.07) is 16.0. The molecule has 0 spiro atoms. The highest BCUT2D eigenvalue weighted by atomic mass is 35.5. The molecule has 152 valence electrons. The molecule has 0 N–H and O–H groups in total. The van der Waals surface area contributed by atoms with Gasteiger partial charge >= 0.3 is 0 Å². The molecule has 5 rings (SSSR count). The Morgan fingerprint density at radius 1 is 0.935 bits per heavy atom. The Morgan fingerprint density at radius 2 is 1.81 bits per heavy atom. The van der Waals surface area contributed by atoms with Gasteiger partial charge in [0.2, 0.25) is 0 Å². The van der Waals surface area contributed by atoms with Crippen molar-refractivity contribution in [2.24, 2.45) is 0 Å². The molecule has 1 aliphatic heterocycles. The number of nitrogens with zero attached hydrogens (tertiary/aromatic N) is 1. The summed E-state index contributed by atoms with van der Waals surface area (Å²) in [5.41, 5.74) is 2.93. The van der Waals surface area contributed by atoms with E-state index in [4.69, 9.17) is 16.3 Å². The molecule has 0 bridgehead atoms. The molecule has 4 aromatic rings. The lowest BCUT2D eigenvalue weighted by molar-refractivity contribution is 0.103. The molecule has 6 heteroatoms. The van der Waals surface area contributed by atoms with E-state index in [1.807, 2.05) is 12.1 Å². The van der Waals surface area contributed by atoms with E-state index in [0.29, 0.717) is 33.5 Å². The molecule has 0 unspecified atom stereocenters. The maximum absolute atomic E-state index is 14.1. The fourth-order valence-corrected chi connectivity index (χ4v) is 3.73. The quantitative estimate of drug-likeness (QED) is 0.364. The van der Waals surface area contributed by atoms with Crippen LogP contribution in [0.1, 0.15) is 32.7 Å². The Balaban J connectivity index is 1.49. The molecular weight excluding hydrogens is 420 g/mol. The van der Waals surface area contributed by atoms with E-state index >= 15 is 0 Å². The summed E-state index contributed by atoms with van der Waals surface area (Å²) in [4.78, 5) is 17.5. The Labute approximate surface area is 181 Å². The first-order chi connectivity index (χ1) is 15.0. The van der Waals surface area contributed by atoms with Crippen molar-refractivity contribution in [1.82, 2.24) is 4.98 Å². The van der Waals surface area contributed by atoms with E-state index in [9.17, 15) is 13.6 Å². The second-order valence-corrected chi connectivity index (χ2v) is 7.58. The zero-order valence-electron chi connectivity index (χ0n) is 16.0. The van der Waals surface area contributed by atoms with E-state index < -0.39 is 11.6 Å². The van der Waals surface area contributed by atoms with E-state index in [1.165, 1.54) is 24.3 Å². The average molecular weight is 434 g/mol. The number of halogens is 3. The highest BCUT2D eigenvalue weighted by Crippen LogP contribution is 2.31. The first-order valence-electron chi connectivity index (χ1n) is 9.52. The maximum atomic E-state index is 14.1.